The third-order valence-electron chi connectivity index (χ3n) is 3.07. The van der Waals surface area contributed by atoms with Crippen LogP contribution in [-0.2, 0) is 9.53 Å². The summed E-state index contributed by atoms with van der Waals surface area (Å²) in [5.41, 5.74) is 0. The van der Waals surface area contributed by atoms with E-state index in [2.05, 4.69) is 31.1 Å². The average Bonchev–Trinajstić information content (AvgIpc) is 2.27. The quantitative estimate of drug-likeness (QED) is 0.565. The Morgan fingerprint density at radius 2 is 2.06 bits per heavy atom. The Balaban J connectivity index is 2.04. The van der Waals surface area contributed by atoms with Crippen molar-refractivity contribution in [3.63, 3.8) is 0 Å². The van der Waals surface area contributed by atoms with Crippen molar-refractivity contribution < 1.29 is 9.53 Å². The third-order valence-corrected chi connectivity index (χ3v) is 3.07. The molecule has 0 saturated carbocycles. The number of carbonyl (C=O) groups excluding carboxylic acids is 1. The topological polar surface area (TPSA) is 41.6 Å². The zero-order chi connectivity index (χ0) is 12.7. The van der Waals surface area contributed by atoms with Gasteiger partial charge in [0.1, 0.15) is 6.10 Å². The van der Waals surface area contributed by atoms with Crippen molar-refractivity contribution in [1.82, 2.24) is 10.2 Å². The number of likely N-dealkylation sites (tertiary alicyclic amines) is 1. The van der Waals surface area contributed by atoms with Crippen LogP contribution in [0.1, 0.15) is 39.5 Å². The van der Waals surface area contributed by atoms with Gasteiger partial charge >= 0.3 is 5.97 Å². The van der Waals surface area contributed by atoms with Gasteiger partial charge < -0.3 is 15.0 Å². The van der Waals surface area contributed by atoms with Crippen LogP contribution < -0.4 is 5.32 Å². The molecule has 1 saturated heterocycles. The van der Waals surface area contributed by atoms with Gasteiger partial charge in [0, 0.05) is 25.6 Å². The minimum Gasteiger partial charge on any atom is -0.462 e. The van der Waals surface area contributed by atoms with Crippen LogP contribution in [0, 0.1) is 0 Å². The lowest BCUT2D eigenvalue weighted by Crippen LogP contribution is -2.35. The van der Waals surface area contributed by atoms with E-state index in [1.54, 1.807) is 0 Å². The van der Waals surface area contributed by atoms with Crippen molar-refractivity contribution >= 4 is 5.97 Å². The van der Waals surface area contributed by atoms with Crippen LogP contribution in [0.3, 0.4) is 0 Å². The van der Waals surface area contributed by atoms with Gasteiger partial charge in [0.15, 0.2) is 0 Å². The molecule has 4 nitrogen and oxygen atoms in total. The van der Waals surface area contributed by atoms with Gasteiger partial charge in [-0.15, -0.1) is 0 Å². The number of nitrogens with one attached hydrogen (secondary N) is 1. The van der Waals surface area contributed by atoms with Crippen LogP contribution in [0.5, 0.6) is 0 Å². The van der Waals surface area contributed by atoms with Crippen LogP contribution in [-0.4, -0.2) is 49.7 Å². The first kappa shape index (κ1) is 14.5. The molecule has 1 aliphatic heterocycles. The van der Waals surface area contributed by atoms with Crippen molar-refractivity contribution in [2.45, 2.75) is 51.7 Å². The summed E-state index contributed by atoms with van der Waals surface area (Å²) < 4.78 is 5.45. The minimum absolute atomic E-state index is 0.0369. The monoisotopic (exact) mass is 242 g/mol. The van der Waals surface area contributed by atoms with Crippen LogP contribution in [0.15, 0.2) is 0 Å². The van der Waals surface area contributed by atoms with Crippen molar-refractivity contribution in [2.75, 3.05) is 26.7 Å². The summed E-state index contributed by atoms with van der Waals surface area (Å²) in [5.74, 6) is -0.0369. The normalized spacial score (nSPS) is 18.6. The first-order valence-electron chi connectivity index (χ1n) is 6.69. The van der Waals surface area contributed by atoms with E-state index in [-0.39, 0.29) is 12.1 Å². The van der Waals surface area contributed by atoms with E-state index in [0.29, 0.717) is 12.5 Å². The lowest BCUT2D eigenvalue weighted by molar-refractivity contribution is -0.151. The number of hydrogen-bond acceptors (Lipinski definition) is 4. The fourth-order valence-corrected chi connectivity index (χ4v) is 1.97. The molecule has 1 N–H and O–H groups in total. The highest BCUT2D eigenvalue weighted by Gasteiger charge is 2.19. The lowest BCUT2D eigenvalue weighted by atomic mass is 10.1. The predicted molar refractivity (Wildman–Crippen MR) is 69.0 cm³/mol. The number of rotatable bonds is 6. The molecule has 0 aromatic carbocycles. The molecule has 0 aliphatic carbocycles. The molecule has 0 spiro atoms. The smallest absolute Gasteiger partial charge is 0.306 e. The zero-order valence-electron chi connectivity index (χ0n) is 11.4. The molecule has 0 radical (unpaired) electrons. The number of ether oxygens (including phenoxy) is 1. The van der Waals surface area contributed by atoms with Gasteiger partial charge in [0.2, 0.25) is 0 Å². The van der Waals surface area contributed by atoms with Crippen molar-refractivity contribution in [1.29, 1.82) is 0 Å². The Morgan fingerprint density at radius 3 is 2.65 bits per heavy atom. The molecule has 1 fully saturated rings. The van der Waals surface area contributed by atoms with Crippen molar-refractivity contribution in [3.05, 3.63) is 0 Å². The highest BCUT2D eigenvalue weighted by atomic mass is 16.5. The molecule has 4 heteroatoms. The van der Waals surface area contributed by atoms with Gasteiger partial charge in [-0.3, -0.25) is 4.79 Å². The Morgan fingerprint density at radius 1 is 1.41 bits per heavy atom. The van der Waals surface area contributed by atoms with E-state index < -0.39 is 0 Å². The molecule has 0 aromatic rings. The second kappa shape index (κ2) is 7.67. The lowest BCUT2D eigenvalue weighted by Gasteiger charge is -2.28. The molecule has 0 atom stereocenters. The molecular formula is C13H26N2O2. The predicted octanol–water partition coefficient (Wildman–Crippen LogP) is 1.40. The first-order chi connectivity index (χ1) is 8.08. The summed E-state index contributed by atoms with van der Waals surface area (Å²) in [6, 6.07) is 0.486. The Bertz CT molecular complexity index is 223. The van der Waals surface area contributed by atoms with E-state index in [1.165, 1.54) is 0 Å². The van der Waals surface area contributed by atoms with Crippen LogP contribution in [0.25, 0.3) is 0 Å². The molecule has 0 aromatic heterocycles. The number of carbonyl (C=O) groups is 1. The molecule has 0 amide bonds. The number of piperidine rings is 1. The van der Waals surface area contributed by atoms with Gasteiger partial charge in [-0.1, -0.05) is 13.8 Å². The Kier molecular flexibility index (Phi) is 6.52. The maximum absolute atomic E-state index is 11.6. The second-order valence-electron chi connectivity index (χ2n) is 5.20. The van der Waals surface area contributed by atoms with Gasteiger partial charge in [0.05, 0.1) is 0 Å². The van der Waals surface area contributed by atoms with Crippen LogP contribution >= 0.6 is 0 Å². The standard InChI is InChI=1S/C13H26N2O2/c1-11(2)14-8-4-5-13(16)17-12-6-9-15(3)10-7-12/h11-12,14H,4-10H2,1-3H3. The van der Waals surface area contributed by atoms with E-state index in [0.717, 1.165) is 38.9 Å². The minimum atomic E-state index is -0.0369. The summed E-state index contributed by atoms with van der Waals surface area (Å²) in [6.45, 7) is 7.17. The molecule has 1 aliphatic rings. The maximum atomic E-state index is 11.6. The number of hydrogen-bond donors (Lipinski definition) is 1. The molecule has 17 heavy (non-hydrogen) atoms. The van der Waals surface area contributed by atoms with Gasteiger partial charge in [0.25, 0.3) is 0 Å². The summed E-state index contributed by atoms with van der Waals surface area (Å²) in [5, 5.41) is 3.30. The number of nitrogens with zero attached hydrogens (tertiary/aromatic N) is 1. The summed E-state index contributed by atoms with van der Waals surface area (Å²) in [6.07, 6.45) is 3.51. The van der Waals surface area contributed by atoms with Gasteiger partial charge in [-0.05, 0) is 32.9 Å². The SMILES string of the molecule is CC(C)NCCCC(=O)OC1CCN(C)CC1. The largest absolute Gasteiger partial charge is 0.462 e. The van der Waals surface area contributed by atoms with Crippen LogP contribution in [0.4, 0.5) is 0 Å². The third kappa shape index (κ3) is 6.64. The highest BCUT2D eigenvalue weighted by molar-refractivity contribution is 5.69. The summed E-state index contributed by atoms with van der Waals surface area (Å²) in [4.78, 5) is 13.8. The molecule has 1 rings (SSSR count). The van der Waals surface area contributed by atoms with Gasteiger partial charge in [-0.2, -0.15) is 0 Å². The average molecular weight is 242 g/mol. The molecule has 0 bridgehead atoms. The first-order valence-corrected chi connectivity index (χ1v) is 6.69. The van der Waals surface area contributed by atoms with E-state index in [1.807, 2.05) is 0 Å². The van der Waals surface area contributed by atoms with Crippen LogP contribution in [0.2, 0.25) is 0 Å². The summed E-state index contributed by atoms with van der Waals surface area (Å²) in [7, 11) is 2.11. The second-order valence-corrected chi connectivity index (χ2v) is 5.20. The fraction of sp³-hybridized carbons (Fsp3) is 0.923. The molecular weight excluding hydrogens is 216 g/mol. The highest BCUT2D eigenvalue weighted by Crippen LogP contribution is 2.13. The number of esters is 1. The molecule has 100 valence electrons. The zero-order valence-corrected chi connectivity index (χ0v) is 11.4. The Labute approximate surface area is 105 Å². The maximum Gasteiger partial charge on any atom is 0.306 e. The van der Waals surface area contributed by atoms with Gasteiger partial charge in [-0.25, -0.2) is 0 Å². The van der Waals surface area contributed by atoms with E-state index in [4.69, 9.17) is 4.74 Å². The molecule has 0 unspecified atom stereocenters. The molecule has 1 heterocycles. The van der Waals surface area contributed by atoms with Crippen molar-refractivity contribution in [3.8, 4) is 0 Å². The van der Waals surface area contributed by atoms with Crippen molar-refractivity contribution in [2.24, 2.45) is 0 Å². The van der Waals surface area contributed by atoms with E-state index in [9.17, 15) is 4.79 Å². The fourth-order valence-electron chi connectivity index (χ4n) is 1.97. The van der Waals surface area contributed by atoms with E-state index >= 15 is 0 Å². The summed E-state index contributed by atoms with van der Waals surface area (Å²) >= 11 is 0. The Hall–Kier alpha value is -0.610.